The van der Waals surface area contributed by atoms with E-state index in [1.165, 1.54) is 0 Å². The topological polar surface area (TPSA) is 50.4 Å². The lowest BCUT2D eigenvalue weighted by atomic mass is 10.2. The molecule has 1 aliphatic heterocycles. The zero-order valence-electron chi connectivity index (χ0n) is 10.7. The van der Waals surface area contributed by atoms with Crippen LogP contribution >= 0.6 is 11.8 Å². The van der Waals surface area contributed by atoms with Crippen LogP contribution in [0.1, 0.15) is 26.2 Å². The maximum Gasteiger partial charge on any atom is 0.221 e. The minimum Gasteiger partial charge on any atom is -0.380 e. The Hall–Kier alpha value is -0.260. The normalized spacial score (nSPS) is 20.2. The van der Waals surface area contributed by atoms with Crippen LogP contribution in [-0.2, 0) is 9.53 Å². The number of amides is 1. The minimum absolute atomic E-state index is 0.129. The molecule has 100 valence electrons. The molecule has 0 aromatic carbocycles. The van der Waals surface area contributed by atoms with E-state index < -0.39 is 0 Å². The lowest BCUT2D eigenvalue weighted by Gasteiger charge is -2.22. The molecule has 1 fully saturated rings. The Balaban J connectivity index is 1.93. The molecule has 5 heteroatoms. The number of rotatable bonds is 8. The van der Waals surface area contributed by atoms with Crippen molar-refractivity contribution in [3.63, 3.8) is 0 Å². The molecule has 0 spiro atoms. The fourth-order valence-electron chi connectivity index (χ4n) is 1.66. The Bertz CT molecular complexity index is 209. The standard InChI is InChI=1S/C12H24N2O2S/c1-2-3-6-16-7-4-14-12(15)9-11-10-17-8-5-13-11/h11,13H,2-10H2,1H3,(H,14,15). The molecule has 1 heterocycles. The van der Waals surface area contributed by atoms with Crippen molar-refractivity contribution in [2.45, 2.75) is 32.2 Å². The molecule has 1 unspecified atom stereocenters. The Morgan fingerprint density at radius 3 is 3.12 bits per heavy atom. The van der Waals surface area contributed by atoms with Crippen molar-refractivity contribution in [3.8, 4) is 0 Å². The van der Waals surface area contributed by atoms with Gasteiger partial charge in [0.15, 0.2) is 0 Å². The van der Waals surface area contributed by atoms with Crippen LogP contribution in [0, 0.1) is 0 Å². The van der Waals surface area contributed by atoms with Crippen molar-refractivity contribution in [1.82, 2.24) is 10.6 Å². The summed E-state index contributed by atoms with van der Waals surface area (Å²) in [5.41, 5.74) is 0. The van der Waals surface area contributed by atoms with Crippen molar-refractivity contribution < 1.29 is 9.53 Å². The number of carbonyl (C=O) groups is 1. The van der Waals surface area contributed by atoms with Crippen LogP contribution in [0.15, 0.2) is 0 Å². The average Bonchev–Trinajstić information content (AvgIpc) is 2.35. The van der Waals surface area contributed by atoms with Crippen molar-refractivity contribution in [3.05, 3.63) is 0 Å². The highest BCUT2D eigenvalue weighted by Gasteiger charge is 2.15. The van der Waals surface area contributed by atoms with Gasteiger partial charge in [-0.05, 0) is 6.42 Å². The molecule has 0 bridgehead atoms. The highest BCUT2D eigenvalue weighted by molar-refractivity contribution is 7.99. The van der Waals surface area contributed by atoms with Crippen LogP contribution in [0.25, 0.3) is 0 Å². The van der Waals surface area contributed by atoms with E-state index in [0.717, 1.165) is 37.5 Å². The number of hydrogen-bond donors (Lipinski definition) is 2. The van der Waals surface area contributed by atoms with E-state index in [0.29, 0.717) is 25.6 Å². The van der Waals surface area contributed by atoms with Crippen molar-refractivity contribution in [2.75, 3.05) is 37.8 Å². The highest BCUT2D eigenvalue weighted by Crippen LogP contribution is 2.09. The molecule has 1 aliphatic rings. The number of hydrogen-bond acceptors (Lipinski definition) is 4. The average molecular weight is 260 g/mol. The maximum atomic E-state index is 11.6. The number of carbonyl (C=O) groups excluding carboxylic acids is 1. The summed E-state index contributed by atoms with van der Waals surface area (Å²) in [5.74, 6) is 2.33. The van der Waals surface area contributed by atoms with Crippen molar-refractivity contribution in [2.24, 2.45) is 0 Å². The van der Waals surface area contributed by atoms with E-state index in [9.17, 15) is 4.79 Å². The second-order valence-electron chi connectivity index (χ2n) is 4.25. The summed E-state index contributed by atoms with van der Waals surface area (Å²) in [5, 5.41) is 6.25. The predicted octanol–water partition coefficient (Wildman–Crippen LogP) is 1.01. The summed E-state index contributed by atoms with van der Waals surface area (Å²) < 4.78 is 5.38. The van der Waals surface area contributed by atoms with Gasteiger partial charge in [-0.2, -0.15) is 11.8 Å². The lowest BCUT2D eigenvalue weighted by molar-refractivity contribution is -0.121. The molecule has 0 aromatic heterocycles. The molecule has 4 nitrogen and oxygen atoms in total. The van der Waals surface area contributed by atoms with Gasteiger partial charge in [0.25, 0.3) is 0 Å². The minimum atomic E-state index is 0.129. The van der Waals surface area contributed by atoms with Gasteiger partial charge in [0, 0.05) is 43.7 Å². The van der Waals surface area contributed by atoms with E-state index in [4.69, 9.17) is 4.74 Å². The fourth-order valence-corrected chi connectivity index (χ4v) is 2.61. The Morgan fingerprint density at radius 2 is 2.41 bits per heavy atom. The highest BCUT2D eigenvalue weighted by atomic mass is 32.2. The van der Waals surface area contributed by atoms with Crippen molar-refractivity contribution >= 4 is 17.7 Å². The van der Waals surface area contributed by atoms with E-state index >= 15 is 0 Å². The molecule has 2 N–H and O–H groups in total. The molecule has 1 rings (SSSR count). The second kappa shape index (κ2) is 9.74. The van der Waals surface area contributed by atoms with Gasteiger partial charge < -0.3 is 15.4 Å². The van der Waals surface area contributed by atoms with Gasteiger partial charge in [-0.1, -0.05) is 13.3 Å². The monoisotopic (exact) mass is 260 g/mol. The number of nitrogens with one attached hydrogen (secondary N) is 2. The summed E-state index contributed by atoms with van der Waals surface area (Å²) in [6, 6.07) is 0.342. The quantitative estimate of drug-likeness (QED) is 0.640. The van der Waals surface area contributed by atoms with Gasteiger partial charge in [0.05, 0.1) is 6.61 Å². The van der Waals surface area contributed by atoms with Gasteiger partial charge in [-0.15, -0.1) is 0 Å². The third-order valence-electron chi connectivity index (χ3n) is 2.64. The number of unbranched alkanes of at least 4 members (excludes halogenated alkanes) is 1. The SMILES string of the molecule is CCCCOCCNC(=O)CC1CSCCN1. The fraction of sp³-hybridized carbons (Fsp3) is 0.917. The molecule has 0 aliphatic carbocycles. The van der Waals surface area contributed by atoms with Crippen molar-refractivity contribution in [1.29, 1.82) is 0 Å². The first-order chi connectivity index (χ1) is 8.33. The summed E-state index contributed by atoms with van der Waals surface area (Å²) in [7, 11) is 0. The molecule has 0 saturated carbocycles. The number of thioether (sulfide) groups is 1. The van der Waals surface area contributed by atoms with Crippen LogP contribution in [0.2, 0.25) is 0 Å². The lowest BCUT2D eigenvalue weighted by Crippen LogP contribution is -2.41. The van der Waals surface area contributed by atoms with E-state index in [1.54, 1.807) is 0 Å². The summed E-state index contributed by atoms with van der Waals surface area (Å²) >= 11 is 1.92. The van der Waals surface area contributed by atoms with Gasteiger partial charge in [-0.25, -0.2) is 0 Å². The maximum absolute atomic E-state index is 11.6. The first-order valence-electron chi connectivity index (χ1n) is 6.48. The molecule has 1 atom stereocenters. The molecule has 0 aromatic rings. The molecular formula is C12H24N2O2S. The third-order valence-corrected chi connectivity index (χ3v) is 3.77. The van der Waals surface area contributed by atoms with Crippen LogP contribution in [0.5, 0.6) is 0 Å². The van der Waals surface area contributed by atoms with Gasteiger partial charge in [0.1, 0.15) is 0 Å². The zero-order chi connectivity index (χ0) is 12.3. The van der Waals surface area contributed by atoms with E-state index in [-0.39, 0.29) is 5.91 Å². The van der Waals surface area contributed by atoms with Crippen LogP contribution in [-0.4, -0.2) is 49.8 Å². The second-order valence-corrected chi connectivity index (χ2v) is 5.40. The molecular weight excluding hydrogens is 236 g/mol. The molecule has 1 amide bonds. The largest absolute Gasteiger partial charge is 0.380 e. The predicted molar refractivity (Wildman–Crippen MR) is 72.5 cm³/mol. The van der Waals surface area contributed by atoms with E-state index in [2.05, 4.69) is 17.6 Å². The van der Waals surface area contributed by atoms with Crippen LogP contribution < -0.4 is 10.6 Å². The summed E-state index contributed by atoms with van der Waals surface area (Å²) in [4.78, 5) is 11.6. The summed E-state index contributed by atoms with van der Waals surface area (Å²) in [6.45, 7) is 5.21. The summed E-state index contributed by atoms with van der Waals surface area (Å²) in [6.07, 6.45) is 2.83. The first-order valence-corrected chi connectivity index (χ1v) is 7.64. The number of ether oxygens (including phenoxy) is 1. The van der Waals surface area contributed by atoms with Crippen LogP contribution in [0.3, 0.4) is 0 Å². The van der Waals surface area contributed by atoms with Crippen LogP contribution in [0.4, 0.5) is 0 Å². The Labute approximate surface area is 108 Å². The zero-order valence-corrected chi connectivity index (χ0v) is 11.5. The molecule has 17 heavy (non-hydrogen) atoms. The molecule has 1 saturated heterocycles. The first kappa shape index (κ1) is 14.8. The van der Waals surface area contributed by atoms with E-state index in [1.807, 2.05) is 11.8 Å². The molecule has 0 radical (unpaired) electrons. The third kappa shape index (κ3) is 7.63. The van der Waals surface area contributed by atoms with Gasteiger partial charge >= 0.3 is 0 Å². The van der Waals surface area contributed by atoms with Gasteiger partial charge in [-0.3, -0.25) is 4.79 Å². The Morgan fingerprint density at radius 1 is 1.53 bits per heavy atom. The smallest absolute Gasteiger partial charge is 0.221 e. The van der Waals surface area contributed by atoms with Gasteiger partial charge in [0.2, 0.25) is 5.91 Å². The Kier molecular flexibility index (Phi) is 8.48.